The van der Waals surface area contributed by atoms with Gasteiger partial charge < -0.3 is 22.2 Å². The highest BCUT2D eigenvalue weighted by molar-refractivity contribution is 7.12. The zero-order chi connectivity index (χ0) is 25.4. The van der Waals surface area contributed by atoms with Gasteiger partial charge in [-0.15, -0.1) is 0 Å². The Bertz CT molecular complexity index is 928. The summed E-state index contributed by atoms with van der Waals surface area (Å²) in [6, 6.07) is 15.3. The van der Waals surface area contributed by atoms with E-state index in [-0.39, 0.29) is 10.8 Å². The van der Waals surface area contributed by atoms with Gasteiger partial charge in [-0.25, -0.2) is 0 Å². The summed E-state index contributed by atoms with van der Waals surface area (Å²) >= 11 is 1.92. The van der Waals surface area contributed by atoms with Crippen molar-refractivity contribution in [2.45, 2.75) is 58.8 Å². The largest absolute Gasteiger partial charge is 0.673 e. The van der Waals surface area contributed by atoms with E-state index in [1.54, 1.807) is 0 Å². The van der Waals surface area contributed by atoms with E-state index in [9.17, 15) is 17.3 Å². The van der Waals surface area contributed by atoms with Crippen LogP contribution in [0.15, 0.2) is 36.4 Å². The molecule has 0 amide bonds. The maximum absolute atomic E-state index is 9.75. The second kappa shape index (κ2) is 11.6. The zero-order valence-corrected chi connectivity index (χ0v) is 21.2. The molecule has 0 aliphatic heterocycles. The Hall–Kier alpha value is -2.40. The predicted octanol–water partition coefficient (Wildman–Crippen LogP) is 8.44. The molecule has 0 radical (unpaired) electrons. The molecule has 0 N–H and O–H groups in total. The zero-order valence-electron chi connectivity index (χ0n) is 20.4. The van der Waals surface area contributed by atoms with E-state index in [0.29, 0.717) is 6.42 Å². The Kier molecular flexibility index (Phi) is 10.1. The Morgan fingerprint density at radius 2 is 1.52 bits per heavy atom. The van der Waals surface area contributed by atoms with Crippen molar-refractivity contribution in [2.24, 2.45) is 0 Å². The molecule has 2 aromatic rings. The van der Waals surface area contributed by atoms with Gasteiger partial charge >= 0.3 is 7.25 Å². The molecule has 8 heteroatoms. The second-order valence-corrected chi connectivity index (χ2v) is 11.0. The minimum atomic E-state index is -6.00. The number of benzene rings is 1. The lowest BCUT2D eigenvalue weighted by molar-refractivity contribution is 0.368. The van der Waals surface area contributed by atoms with Crippen molar-refractivity contribution in [1.82, 2.24) is 0 Å². The maximum atomic E-state index is 9.75. The van der Waals surface area contributed by atoms with E-state index in [2.05, 4.69) is 101 Å². The first-order valence-corrected chi connectivity index (χ1v) is 11.5. The molecule has 2 nitrogen and oxygen atoms in total. The van der Waals surface area contributed by atoms with Crippen LogP contribution in [0.1, 0.15) is 68.8 Å². The van der Waals surface area contributed by atoms with E-state index in [0.717, 1.165) is 12.2 Å². The third-order valence-electron chi connectivity index (χ3n) is 4.65. The number of anilines is 1. The number of nitriles is 1. The van der Waals surface area contributed by atoms with Crippen molar-refractivity contribution >= 4 is 36.4 Å². The highest BCUT2D eigenvalue weighted by Crippen LogP contribution is 2.35. The van der Waals surface area contributed by atoms with Gasteiger partial charge in [0.1, 0.15) is 9.75 Å². The first-order valence-electron chi connectivity index (χ1n) is 10.7. The van der Waals surface area contributed by atoms with Crippen LogP contribution in [0.5, 0.6) is 0 Å². The molecule has 180 valence electrons. The van der Waals surface area contributed by atoms with Gasteiger partial charge in [0.25, 0.3) is 0 Å². The van der Waals surface area contributed by atoms with E-state index in [1.807, 2.05) is 18.4 Å². The van der Waals surface area contributed by atoms with Crippen LogP contribution in [0, 0.1) is 11.3 Å². The number of rotatable bonds is 5. The molecule has 0 bridgehead atoms. The number of hydrogen-bond acceptors (Lipinski definition) is 3. The lowest BCUT2D eigenvalue weighted by Gasteiger charge is -2.18. The number of nitrogens with zero attached hydrogens (tertiary/aromatic N) is 2. The quantitative estimate of drug-likeness (QED) is 0.244. The lowest BCUT2D eigenvalue weighted by atomic mass is 9.91. The molecule has 0 unspecified atom stereocenters. The smallest absolute Gasteiger partial charge is 0.418 e. The molecule has 0 fully saturated rings. The number of halogens is 4. The molecule has 1 aromatic carbocycles. The molecule has 0 spiro atoms. The summed E-state index contributed by atoms with van der Waals surface area (Å²) in [5.74, 6) is 0. The van der Waals surface area contributed by atoms with Crippen LogP contribution in [0.25, 0.3) is 12.2 Å². The molecule has 2 rings (SSSR count). The summed E-state index contributed by atoms with van der Waals surface area (Å²) in [5, 5.41) is 8.74. The predicted molar refractivity (Wildman–Crippen MR) is 135 cm³/mol. The van der Waals surface area contributed by atoms with Gasteiger partial charge in [-0.3, -0.25) is 0 Å². The van der Waals surface area contributed by atoms with Crippen LogP contribution in [0.2, 0.25) is 0 Å². The van der Waals surface area contributed by atoms with Crippen molar-refractivity contribution in [3.63, 3.8) is 0 Å². The van der Waals surface area contributed by atoms with Gasteiger partial charge in [0.15, 0.2) is 0 Å². The highest BCUT2D eigenvalue weighted by atomic mass is 32.1. The minimum absolute atomic E-state index is 0.143. The maximum Gasteiger partial charge on any atom is 0.673 e. The van der Waals surface area contributed by atoms with Gasteiger partial charge in [0.05, 0.1) is 30.2 Å². The van der Waals surface area contributed by atoms with Gasteiger partial charge in [0.2, 0.25) is 0 Å². The van der Waals surface area contributed by atoms with E-state index >= 15 is 0 Å². The van der Waals surface area contributed by atoms with Crippen LogP contribution in [-0.4, -0.2) is 20.8 Å². The third kappa shape index (κ3) is 11.3. The van der Waals surface area contributed by atoms with Gasteiger partial charge in [0, 0.05) is 36.2 Å². The standard InChI is InChI=1S/C25H33N2S.BF4/c1-24(2,3)22-17-20(18-23(28-22)25(4,5)6)10-9-19-11-13-21(14-12-19)27(7)16-8-15-26;2-1(3,4)5/h9-14,17-18H,8,16H2,1-7H3;/q+1;-1. The minimum Gasteiger partial charge on any atom is -0.418 e. The summed E-state index contributed by atoms with van der Waals surface area (Å²) in [5.41, 5.74) is 3.86. The van der Waals surface area contributed by atoms with Crippen LogP contribution in [-0.2, 0) is 10.8 Å². The van der Waals surface area contributed by atoms with Crippen LogP contribution < -0.4 is 4.90 Å². The normalized spacial score (nSPS) is 12.2. The SMILES string of the molecule is CN(CCC#N)c1ccc(C=Cc2cc(C(C)(C)C)s[c+](C(C)(C)C)c2)cc1.F[B-](F)(F)F. The topological polar surface area (TPSA) is 27.0 Å². The molecule has 0 saturated carbocycles. The fourth-order valence-corrected chi connectivity index (χ4v) is 3.98. The highest BCUT2D eigenvalue weighted by Gasteiger charge is 2.28. The Morgan fingerprint density at radius 3 is 1.97 bits per heavy atom. The summed E-state index contributed by atoms with van der Waals surface area (Å²) in [4.78, 5) is 4.93. The fourth-order valence-electron chi connectivity index (χ4n) is 2.74. The van der Waals surface area contributed by atoms with Gasteiger partial charge in [-0.1, -0.05) is 12.1 Å². The average molecular weight is 480 g/mol. The monoisotopic (exact) mass is 480 g/mol. The number of hydrogen-bond donors (Lipinski definition) is 0. The molecule has 0 aliphatic carbocycles. The summed E-state index contributed by atoms with van der Waals surface area (Å²) in [6.07, 6.45) is 4.93. The van der Waals surface area contributed by atoms with Crippen LogP contribution in [0.4, 0.5) is 23.0 Å². The molecule has 1 heterocycles. The molecule has 1 aromatic heterocycles. The Balaban J connectivity index is 0.000000981. The van der Waals surface area contributed by atoms with E-state index < -0.39 is 7.25 Å². The van der Waals surface area contributed by atoms with Gasteiger partial charge in [-0.05, 0) is 76.7 Å². The summed E-state index contributed by atoms with van der Waals surface area (Å²) in [7, 11) is -3.98. The van der Waals surface area contributed by atoms with Crippen LogP contribution in [0.3, 0.4) is 0 Å². The van der Waals surface area contributed by atoms with Crippen molar-refractivity contribution in [3.8, 4) is 6.07 Å². The molecular formula is C25H33BF4N2S. The average Bonchev–Trinajstić information content (AvgIpc) is 2.68. The van der Waals surface area contributed by atoms with E-state index in [1.165, 1.54) is 20.9 Å². The summed E-state index contributed by atoms with van der Waals surface area (Å²) in [6.45, 7) is 14.4. The van der Waals surface area contributed by atoms with Gasteiger partial charge in [-0.2, -0.15) is 5.26 Å². The van der Waals surface area contributed by atoms with Crippen molar-refractivity contribution < 1.29 is 17.3 Å². The van der Waals surface area contributed by atoms with Crippen LogP contribution >= 0.6 is 11.3 Å². The lowest BCUT2D eigenvalue weighted by Crippen LogP contribution is -2.17. The molecule has 33 heavy (non-hydrogen) atoms. The van der Waals surface area contributed by atoms with Crippen molar-refractivity contribution in [3.05, 3.63) is 57.3 Å². The Labute approximate surface area is 199 Å². The first-order chi connectivity index (χ1) is 15.0. The molecular weight excluding hydrogens is 447 g/mol. The first kappa shape index (κ1) is 28.6. The second-order valence-electron chi connectivity index (χ2n) is 9.87. The molecule has 0 saturated heterocycles. The molecule has 0 aliphatic rings. The van der Waals surface area contributed by atoms with Crippen molar-refractivity contribution in [1.29, 1.82) is 5.26 Å². The third-order valence-corrected chi connectivity index (χ3v) is 6.56. The summed E-state index contributed by atoms with van der Waals surface area (Å²) < 4.78 is 39.0. The van der Waals surface area contributed by atoms with Crippen molar-refractivity contribution in [2.75, 3.05) is 18.5 Å². The molecule has 0 atom stereocenters. The Morgan fingerprint density at radius 1 is 1.00 bits per heavy atom. The fraction of sp³-hybridized carbons (Fsp3) is 0.440. The van der Waals surface area contributed by atoms with E-state index in [4.69, 9.17) is 5.26 Å².